The maximum absolute atomic E-state index is 13.9. The Morgan fingerprint density at radius 3 is 2.65 bits per heavy atom. The molecule has 0 radical (unpaired) electrons. The van der Waals surface area contributed by atoms with Crippen LogP contribution in [0.25, 0.3) is 0 Å². The van der Waals surface area contributed by atoms with Gasteiger partial charge >= 0.3 is 0 Å². The van der Waals surface area contributed by atoms with Crippen LogP contribution < -0.4 is 5.73 Å². The van der Waals surface area contributed by atoms with Crippen molar-refractivity contribution < 1.29 is 12.8 Å². The molecular formula is C14H21FN2O2S. The summed E-state index contributed by atoms with van der Waals surface area (Å²) in [4.78, 5) is -0.402. The SMILES string of the molecule is CC1CCCC(N(C)S(=O)(=O)c2c(N)cccc2F)C1. The topological polar surface area (TPSA) is 63.4 Å². The Morgan fingerprint density at radius 2 is 2.05 bits per heavy atom. The average Bonchev–Trinajstić information content (AvgIpc) is 2.37. The van der Waals surface area contributed by atoms with E-state index in [0.717, 1.165) is 31.7 Å². The molecule has 0 saturated heterocycles. The molecule has 6 heteroatoms. The minimum Gasteiger partial charge on any atom is -0.398 e. The number of sulfonamides is 1. The Morgan fingerprint density at radius 1 is 1.35 bits per heavy atom. The quantitative estimate of drug-likeness (QED) is 0.873. The Bertz CT molecular complexity index is 569. The molecule has 1 aliphatic carbocycles. The number of nitrogens with two attached hydrogens (primary N) is 1. The smallest absolute Gasteiger partial charge is 0.248 e. The van der Waals surface area contributed by atoms with E-state index < -0.39 is 20.7 Å². The lowest BCUT2D eigenvalue weighted by molar-refractivity contribution is 0.238. The molecule has 2 rings (SSSR count). The van der Waals surface area contributed by atoms with Crippen LogP contribution in [-0.2, 0) is 10.0 Å². The molecule has 1 saturated carbocycles. The van der Waals surface area contributed by atoms with Crippen LogP contribution in [0.5, 0.6) is 0 Å². The second-order valence-corrected chi connectivity index (χ2v) is 7.54. The second kappa shape index (κ2) is 5.69. The van der Waals surface area contributed by atoms with Gasteiger partial charge in [-0.3, -0.25) is 0 Å². The van der Waals surface area contributed by atoms with Gasteiger partial charge in [-0.25, -0.2) is 12.8 Å². The van der Waals surface area contributed by atoms with Gasteiger partial charge in [0.05, 0.1) is 5.69 Å². The number of hydrogen-bond acceptors (Lipinski definition) is 3. The lowest BCUT2D eigenvalue weighted by Gasteiger charge is -2.33. The largest absolute Gasteiger partial charge is 0.398 e. The molecule has 1 aliphatic rings. The van der Waals surface area contributed by atoms with Gasteiger partial charge in [-0.15, -0.1) is 0 Å². The van der Waals surface area contributed by atoms with Crippen LogP contribution in [0.4, 0.5) is 10.1 Å². The highest BCUT2D eigenvalue weighted by Gasteiger charge is 2.33. The van der Waals surface area contributed by atoms with Gasteiger partial charge in [0.2, 0.25) is 10.0 Å². The van der Waals surface area contributed by atoms with E-state index in [1.807, 2.05) is 0 Å². The molecule has 0 bridgehead atoms. The second-order valence-electron chi connectivity index (χ2n) is 5.61. The lowest BCUT2D eigenvalue weighted by Crippen LogP contribution is -2.40. The molecule has 1 fully saturated rings. The van der Waals surface area contributed by atoms with E-state index in [-0.39, 0.29) is 11.7 Å². The summed E-state index contributed by atoms with van der Waals surface area (Å²) in [6, 6.07) is 3.86. The molecule has 0 amide bonds. The third-order valence-corrected chi connectivity index (χ3v) is 6.06. The van der Waals surface area contributed by atoms with Crippen molar-refractivity contribution in [1.29, 1.82) is 0 Å². The standard InChI is InChI=1S/C14H21FN2O2S/c1-10-5-3-6-11(9-10)17(2)20(18,19)14-12(15)7-4-8-13(14)16/h4,7-8,10-11H,3,5-6,9,16H2,1-2H3. The summed E-state index contributed by atoms with van der Waals surface area (Å²) in [5, 5.41) is 0. The minimum atomic E-state index is -3.89. The molecule has 20 heavy (non-hydrogen) atoms. The zero-order valence-corrected chi connectivity index (χ0v) is 12.7. The van der Waals surface area contributed by atoms with Gasteiger partial charge in [0.25, 0.3) is 0 Å². The van der Waals surface area contributed by atoms with E-state index in [9.17, 15) is 12.8 Å². The highest BCUT2D eigenvalue weighted by atomic mass is 32.2. The summed E-state index contributed by atoms with van der Waals surface area (Å²) < 4.78 is 40.3. The summed E-state index contributed by atoms with van der Waals surface area (Å²) in [6.45, 7) is 2.12. The predicted octanol–water partition coefficient (Wildman–Crippen LogP) is 2.61. The molecule has 4 nitrogen and oxygen atoms in total. The van der Waals surface area contributed by atoms with Gasteiger partial charge in [-0.2, -0.15) is 4.31 Å². The van der Waals surface area contributed by atoms with Crippen molar-refractivity contribution in [3.05, 3.63) is 24.0 Å². The van der Waals surface area contributed by atoms with E-state index in [1.165, 1.54) is 23.5 Å². The van der Waals surface area contributed by atoms with Crippen LogP contribution in [-0.4, -0.2) is 25.8 Å². The van der Waals surface area contributed by atoms with Crippen LogP contribution in [0.3, 0.4) is 0 Å². The first-order chi connectivity index (χ1) is 9.34. The summed E-state index contributed by atoms with van der Waals surface area (Å²) in [5.41, 5.74) is 5.62. The monoisotopic (exact) mass is 300 g/mol. The van der Waals surface area contributed by atoms with Crippen LogP contribution >= 0.6 is 0 Å². The zero-order chi connectivity index (χ0) is 14.9. The van der Waals surface area contributed by atoms with Gasteiger partial charge in [0, 0.05) is 13.1 Å². The molecule has 0 heterocycles. The van der Waals surface area contributed by atoms with Gasteiger partial charge in [0.1, 0.15) is 10.7 Å². The Labute approximate surface area is 119 Å². The van der Waals surface area contributed by atoms with Gasteiger partial charge in [0.15, 0.2) is 0 Å². The summed E-state index contributed by atoms with van der Waals surface area (Å²) in [6.07, 6.45) is 3.74. The van der Waals surface area contributed by atoms with Crippen molar-refractivity contribution in [3.63, 3.8) is 0 Å². The number of anilines is 1. The van der Waals surface area contributed by atoms with Gasteiger partial charge in [-0.1, -0.05) is 25.8 Å². The Balaban J connectivity index is 2.34. The first kappa shape index (κ1) is 15.3. The third-order valence-electron chi connectivity index (χ3n) is 4.06. The van der Waals surface area contributed by atoms with Crippen molar-refractivity contribution >= 4 is 15.7 Å². The molecule has 1 aromatic carbocycles. The summed E-state index contributed by atoms with van der Waals surface area (Å²) in [7, 11) is -2.37. The molecule has 2 N–H and O–H groups in total. The number of rotatable bonds is 3. The molecule has 112 valence electrons. The van der Waals surface area contributed by atoms with Crippen LogP contribution in [0.1, 0.15) is 32.6 Å². The fraction of sp³-hybridized carbons (Fsp3) is 0.571. The maximum Gasteiger partial charge on any atom is 0.248 e. The van der Waals surface area contributed by atoms with E-state index in [2.05, 4.69) is 6.92 Å². The Hall–Kier alpha value is -1.14. The fourth-order valence-corrected chi connectivity index (χ4v) is 4.42. The number of benzene rings is 1. The van der Waals surface area contributed by atoms with Crippen molar-refractivity contribution in [3.8, 4) is 0 Å². The number of hydrogen-bond donors (Lipinski definition) is 1. The van der Waals surface area contributed by atoms with Crippen LogP contribution in [0.2, 0.25) is 0 Å². The van der Waals surface area contributed by atoms with E-state index in [0.29, 0.717) is 5.92 Å². The van der Waals surface area contributed by atoms with Crippen LogP contribution in [0, 0.1) is 11.7 Å². The predicted molar refractivity (Wildman–Crippen MR) is 77.2 cm³/mol. The van der Waals surface area contributed by atoms with Gasteiger partial charge in [-0.05, 0) is 30.9 Å². The molecule has 0 spiro atoms. The lowest BCUT2D eigenvalue weighted by atomic mass is 9.87. The number of nitrogens with zero attached hydrogens (tertiary/aromatic N) is 1. The average molecular weight is 300 g/mol. The van der Waals surface area contributed by atoms with E-state index >= 15 is 0 Å². The molecular weight excluding hydrogens is 279 g/mol. The first-order valence-electron chi connectivity index (χ1n) is 6.86. The zero-order valence-electron chi connectivity index (χ0n) is 11.8. The van der Waals surface area contributed by atoms with E-state index in [4.69, 9.17) is 5.73 Å². The fourth-order valence-electron chi connectivity index (χ4n) is 2.87. The number of nitrogen functional groups attached to an aromatic ring is 1. The van der Waals surface area contributed by atoms with Gasteiger partial charge < -0.3 is 5.73 Å². The van der Waals surface area contributed by atoms with E-state index in [1.54, 1.807) is 0 Å². The van der Waals surface area contributed by atoms with Crippen molar-refractivity contribution in [2.45, 2.75) is 43.5 Å². The highest BCUT2D eigenvalue weighted by Crippen LogP contribution is 2.32. The summed E-state index contributed by atoms with van der Waals surface area (Å²) >= 11 is 0. The first-order valence-corrected chi connectivity index (χ1v) is 8.30. The Kier molecular flexibility index (Phi) is 4.34. The van der Waals surface area contributed by atoms with Crippen LogP contribution in [0.15, 0.2) is 23.1 Å². The molecule has 2 unspecified atom stereocenters. The molecule has 2 atom stereocenters. The van der Waals surface area contributed by atoms with Crippen molar-refractivity contribution in [2.75, 3.05) is 12.8 Å². The molecule has 0 aliphatic heterocycles. The summed E-state index contributed by atoms with van der Waals surface area (Å²) in [5.74, 6) is -0.301. The highest BCUT2D eigenvalue weighted by molar-refractivity contribution is 7.89. The third kappa shape index (κ3) is 2.81. The minimum absolute atomic E-state index is 0.0410. The molecule has 0 aromatic heterocycles. The normalized spacial score (nSPS) is 24.0. The van der Waals surface area contributed by atoms with Crippen molar-refractivity contribution in [2.24, 2.45) is 5.92 Å². The maximum atomic E-state index is 13.9. The number of halogens is 1. The molecule has 1 aromatic rings. The van der Waals surface area contributed by atoms with Crippen molar-refractivity contribution in [1.82, 2.24) is 4.31 Å².